The number of methoxy groups -OCH3 is 1. The number of nitrogens with zero attached hydrogens (tertiary/aromatic N) is 3. The Morgan fingerprint density at radius 1 is 1.15 bits per heavy atom. The van der Waals surface area contributed by atoms with Crippen molar-refractivity contribution in [3.8, 4) is 28.6 Å². The molecule has 2 N–H and O–H groups in total. The molecule has 0 radical (unpaired) electrons. The minimum Gasteiger partial charge on any atom is -0.496 e. The van der Waals surface area contributed by atoms with Crippen molar-refractivity contribution < 1.29 is 9.26 Å². The van der Waals surface area contributed by atoms with Gasteiger partial charge in [0.15, 0.2) is 0 Å². The lowest BCUT2D eigenvalue weighted by Crippen LogP contribution is -1.90. The molecule has 6 nitrogen and oxygen atoms in total. The number of benzene rings is 1. The fourth-order valence-electron chi connectivity index (χ4n) is 1.81. The lowest BCUT2D eigenvalue weighted by atomic mass is 10.2. The molecule has 20 heavy (non-hydrogen) atoms. The van der Waals surface area contributed by atoms with Crippen LogP contribution in [0.25, 0.3) is 22.8 Å². The summed E-state index contributed by atoms with van der Waals surface area (Å²) < 4.78 is 10.5. The maximum atomic E-state index is 5.54. The van der Waals surface area contributed by atoms with Crippen molar-refractivity contribution in [2.24, 2.45) is 0 Å². The van der Waals surface area contributed by atoms with E-state index in [0.29, 0.717) is 28.8 Å². The van der Waals surface area contributed by atoms with Crippen LogP contribution in [0.4, 0.5) is 5.82 Å². The predicted molar refractivity (Wildman–Crippen MR) is 73.9 cm³/mol. The molecular weight excluding hydrogens is 256 g/mol. The highest BCUT2D eigenvalue weighted by molar-refractivity contribution is 5.65. The third-order valence-corrected chi connectivity index (χ3v) is 2.81. The zero-order valence-corrected chi connectivity index (χ0v) is 10.8. The summed E-state index contributed by atoms with van der Waals surface area (Å²) in [5.74, 6) is 1.99. The molecule has 0 saturated heterocycles. The van der Waals surface area contributed by atoms with Gasteiger partial charge in [-0.15, -0.1) is 0 Å². The Labute approximate surface area is 115 Å². The van der Waals surface area contributed by atoms with Crippen LogP contribution in [0.15, 0.2) is 47.1 Å². The Kier molecular flexibility index (Phi) is 3.04. The highest BCUT2D eigenvalue weighted by Crippen LogP contribution is 2.29. The highest BCUT2D eigenvalue weighted by atomic mass is 16.5. The SMILES string of the molecule is COc1ccccc1-c1noc(-c2ccc(N)nc2)n1. The van der Waals surface area contributed by atoms with Gasteiger partial charge in [-0.3, -0.25) is 0 Å². The molecule has 2 aromatic heterocycles. The number of aromatic nitrogens is 3. The molecule has 0 saturated carbocycles. The number of para-hydroxylation sites is 1. The third kappa shape index (κ3) is 2.18. The van der Waals surface area contributed by atoms with Crippen LogP contribution in [0, 0.1) is 0 Å². The van der Waals surface area contributed by atoms with Crippen molar-refractivity contribution >= 4 is 5.82 Å². The van der Waals surface area contributed by atoms with Crippen molar-refractivity contribution in [3.63, 3.8) is 0 Å². The lowest BCUT2D eigenvalue weighted by molar-refractivity contribution is 0.413. The minimum atomic E-state index is 0.387. The molecule has 1 aromatic carbocycles. The molecule has 3 rings (SSSR count). The summed E-state index contributed by atoms with van der Waals surface area (Å²) in [6, 6.07) is 10.9. The molecule has 0 bridgehead atoms. The van der Waals surface area contributed by atoms with Crippen LogP contribution in [0.1, 0.15) is 0 Å². The van der Waals surface area contributed by atoms with Crippen LogP contribution in [0.2, 0.25) is 0 Å². The van der Waals surface area contributed by atoms with Gasteiger partial charge in [0.2, 0.25) is 5.82 Å². The van der Waals surface area contributed by atoms with Crippen LogP contribution in [-0.4, -0.2) is 22.2 Å². The molecule has 3 aromatic rings. The van der Waals surface area contributed by atoms with Crippen LogP contribution in [0.5, 0.6) is 5.75 Å². The molecule has 0 atom stereocenters. The maximum Gasteiger partial charge on any atom is 0.259 e. The van der Waals surface area contributed by atoms with E-state index in [1.54, 1.807) is 25.4 Å². The van der Waals surface area contributed by atoms with Crippen molar-refractivity contribution in [2.75, 3.05) is 12.8 Å². The van der Waals surface area contributed by atoms with Gasteiger partial charge in [0.05, 0.1) is 18.2 Å². The summed E-state index contributed by atoms with van der Waals surface area (Å²) in [6.07, 6.45) is 1.59. The number of pyridine rings is 1. The van der Waals surface area contributed by atoms with Gasteiger partial charge >= 0.3 is 0 Å². The Hall–Kier alpha value is -2.89. The molecule has 0 unspecified atom stereocenters. The van der Waals surface area contributed by atoms with E-state index in [1.165, 1.54) is 0 Å². The van der Waals surface area contributed by atoms with Gasteiger partial charge < -0.3 is 15.0 Å². The standard InChI is InChI=1S/C14H12N4O2/c1-19-11-5-3-2-4-10(11)13-17-14(20-18-13)9-6-7-12(15)16-8-9/h2-8H,1H3,(H2,15,16). The lowest BCUT2D eigenvalue weighted by Gasteiger charge is -2.02. The maximum absolute atomic E-state index is 5.54. The normalized spacial score (nSPS) is 10.4. The molecular formula is C14H12N4O2. The van der Waals surface area contributed by atoms with Crippen LogP contribution < -0.4 is 10.5 Å². The molecule has 0 aliphatic heterocycles. The van der Waals surface area contributed by atoms with Gasteiger partial charge in [-0.25, -0.2) is 4.98 Å². The van der Waals surface area contributed by atoms with E-state index in [9.17, 15) is 0 Å². The quantitative estimate of drug-likeness (QED) is 0.784. The van der Waals surface area contributed by atoms with Crippen LogP contribution in [-0.2, 0) is 0 Å². The van der Waals surface area contributed by atoms with Crippen molar-refractivity contribution in [3.05, 3.63) is 42.6 Å². The first-order chi connectivity index (χ1) is 9.78. The van der Waals surface area contributed by atoms with E-state index in [4.69, 9.17) is 15.0 Å². The van der Waals surface area contributed by atoms with Gasteiger partial charge in [0.1, 0.15) is 11.6 Å². The summed E-state index contributed by atoms with van der Waals surface area (Å²) in [6.45, 7) is 0. The van der Waals surface area contributed by atoms with E-state index in [0.717, 1.165) is 5.56 Å². The number of rotatable bonds is 3. The van der Waals surface area contributed by atoms with Crippen molar-refractivity contribution in [1.82, 2.24) is 15.1 Å². The molecule has 0 aliphatic carbocycles. The first-order valence-electron chi connectivity index (χ1n) is 5.97. The summed E-state index contributed by atoms with van der Waals surface area (Å²) in [5.41, 5.74) is 7.03. The molecule has 0 spiro atoms. The topological polar surface area (TPSA) is 87.1 Å². The molecule has 6 heteroatoms. The fraction of sp³-hybridized carbons (Fsp3) is 0.0714. The summed E-state index contributed by atoms with van der Waals surface area (Å²) in [7, 11) is 1.60. The predicted octanol–water partition coefficient (Wildman–Crippen LogP) is 2.39. The zero-order valence-electron chi connectivity index (χ0n) is 10.8. The second kappa shape index (κ2) is 5.00. The molecule has 0 amide bonds. The number of anilines is 1. The summed E-state index contributed by atoms with van der Waals surface area (Å²) in [5, 5.41) is 3.97. The fourth-order valence-corrected chi connectivity index (χ4v) is 1.81. The smallest absolute Gasteiger partial charge is 0.259 e. The Morgan fingerprint density at radius 2 is 2.00 bits per heavy atom. The molecule has 0 fully saturated rings. The zero-order chi connectivity index (χ0) is 13.9. The van der Waals surface area contributed by atoms with Gasteiger partial charge in [-0.05, 0) is 24.3 Å². The molecule has 2 heterocycles. The second-order valence-corrected chi connectivity index (χ2v) is 4.10. The number of hydrogen-bond acceptors (Lipinski definition) is 6. The van der Waals surface area contributed by atoms with Crippen molar-refractivity contribution in [2.45, 2.75) is 0 Å². The first kappa shape index (κ1) is 12.2. The van der Waals surface area contributed by atoms with Gasteiger partial charge in [0, 0.05) is 6.20 Å². The molecule has 100 valence electrons. The van der Waals surface area contributed by atoms with Gasteiger partial charge in [-0.2, -0.15) is 4.98 Å². The third-order valence-electron chi connectivity index (χ3n) is 2.81. The number of ether oxygens (including phenoxy) is 1. The number of nitrogens with two attached hydrogens (primary N) is 1. The monoisotopic (exact) mass is 268 g/mol. The minimum absolute atomic E-state index is 0.387. The van der Waals surface area contributed by atoms with E-state index in [1.807, 2.05) is 24.3 Å². The molecule has 0 aliphatic rings. The van der Waals surface area contributed by atoms with Crippen LogP contribution >= 0.6 is 0 Å². The van der Waals surface area contributed by atoms with E-state index in [-0.39, 0.29) is 0 Å². The highest BCUT2D eigenvalue weighted by Gasteiger charge is 2.14. The average Bonchev–Trinajstić information content (AvgIpc) is 2.97. The number of nitrogen functional groups attached to an aromatic ring is 1. The van der Waals surface area contributed by atoms with Gasteiger partial charge in [-0.1, -0.05) is 17.3 Å². The second-order valence-electron chi connectivity index (χ2n) is 4.10. The average molecular weight is 268 g/mol. The van der Waals surface area contributed by atoms with E-state index in [2.05, 4.69) is 15.1 Å². The largest absolute Gasteiger partial charge is 0.496 e. The Balaban J connectivity index is 2.00. The van der Waals surface area contributed by atoms with Crippen LogP contribution in [0.3, 0.4) is 0 Å². The number of hydrogen-bond donors (Lipinski definition) is 1. The van der Waals surface area contributed by atoms with E-state index >= 15 is 0 Å². The van der Waals surface area contributed by atoms with Gasteiger partial charge in [0.25, 0.3) is 5.89 Å². The first-order valence-corrected chi connectivity index (χ1v) is 5.97. The van der Waals surface area contributed by atoms with Crippen molar-refractivity contribution in [1.29, 1.82) is 0 Å². The Morgan fingerprint density at radius 3 is 2.75 bits per heavy atom. The van der Waals surface area contributed by atoms with E-state index < -0.39 is 0 Å². The summed E-state index contributed by atoms with van der Waals surface area (Å²) >= 11 is 0. The Bertz CT molecular complexity index is 722. The summed E-state index contributed by atoms with van der Waals surface area (Å²) in [4.78, 5) is 8.35.